The number of anilines is 1. The number of unbranched alkanes of at least 4 members (excludes halogenated alkanes) is 8. The number of nitrogens with two attached hydrogens (primary N) is 3. The average molecular weight is 1460 g/mol. The summed E-state index contributed by atoms with van der Waals surface area (Å²) in [6.07, 6.45) is 2.68. The Morgan fingerprint density at radius 1 is 0.723 bits per heavy atom. The highest BCUT2D eigenvalue weighted by Crippen LogP contribution is 2.49. The lowest BCUT2D eigenvalue weighted by molar-refractivity contribution is -0.438. The third-order valence-electron chi connectivity index (χ3n) is 19.2. The number of aliphatic imine (C=N–C) groups is 2. The molecule has 0 spiro atoms. The van der Waals surface area contributed by atoms with Gasteiger partial charge in [-0.1, -0.05) is 64.2 Å². The molecule has 2 aromatic carbocycles. The van der Waals surface area contributed by atoms with Crippen LogP contribution in [0.25, 0.3) is 0 Å². The molecule has 101 heavy (non-hydrogen) atoms. The Labute approximate surface area is 592 Å². The number of rotatable bonds is 41. The molecular weight excluding hydrogens is 1350 g/mol. The fourth-order valence-corrected chi connectivity index (χ4v) is 14.0. The van der Waals surface area contributed by atoms with Gasteiger partial charge < -0.3 is 87.4 Å². The van der Waals surface area contributed by atoms with Gasteiger partial charge in [0.05, 0.1) is 47.1 Å². The molecule has 0 bridgehead atoms. The smallest absolute Gasteiger partial charge is 0.294 e. The van der Waals surface area contributed by atoms with Crippen molar-refractivity contribution in [2.24, 2.45) is 27.2 Å². The second-order valence-electron chi connectivity index (χ2n) is 27.3. The molecule has 32 heteroatoms. The highest BCUT2D eigenvalue weighted by atomic mass is 32.2. The lowest BCUT2D eigenvalue weighted by Crippen LogP contribution is -2.64. The number of benzene rings is 2. The molecule has 0 radical (unpaired) electrons. The molecule has 4 heterocycles. The number of allylic oxidation sites excluding steroid dienone is 6. The molecule has 2 aromatic rings. The van der Waals surface area contributed by atoms with Crippen molar-refractivity contribution in [3.8, 4) is 0 Å². The zero-order chi connectivity index (χ0) is 74.6. The number of hydrogen-bond acceptors (Lipinski definition) is 22. The molecule has 4 aliphatic heterocycles. The van der Waals surface area contributed by atoms with Crippen molar-refractivity contribution in [2.75, 3.05) is 71.0 Å². The number of guanidine groups is 2. The van der Waals surface area contributed by atoms with Crippen LogP contribution in [0.15, 0.2) is 92.3 Å². The number of nitrogens with zero attached hydrogens (tertiary/aromatic N) is 5. The lowest BCUT2D eigenvalue weighted by Gasteiger charge is -2.46. The predicted octanol–water partition coefficient (Wildman–Crippen LogP) is 1.98. The number of Topliss-reactive ketones (excluding diaryl/α,β-unsaturated/α-hetero) is 2. The quantitative estimate of drug-likeness (QED) is 0.0113. The number of nitrogens with one attached hydrogen (secondary N) is 2. The number of ether oxygens (including phenoxy) is 4. The maximum Gasteiger partial charge on any atom is 0.294 e. The van der Waals surface area contributed by atoms with E-state index in [2.05, 4.69) is 25.5 Å². The molecule has 6 rings (SSSR count). The highest BCUT2D eigenvalue weighted by molar-refractivity contribution is 7.86. The van der Waals surface area contributed by atoms with Crippen LogP contribution in [0.4, 0.5) is 11.4 Å². The van der Waals surface area contributed by atoms with Gasteiger partial charge in [0.25, 0.3) is 20.2 Å². The summed E-state index contributed by atoms with van der Waals surface area (Å²) in [4.78, 5) is 50.7. The summed E-state index contributed by atoms with van der Waals surface area (Å²) in [5.74, 6) is 0.140. The number of carbonyl (C=O) groups is 3. The van der Waals surface area contributed by atoms with Gasteiger partial charge in [-0.05, 0) is 128 Å². The van der Waals surface area contributed by atoms with Crippen LogP contribution >= 0.6 is 0 Å². The zero-order valence-corrected chi connectivity index (χ0v) is 60.7. The van der Waals surface area contributed by atoms with Crippen LogP contribution in [0.3, 0.4) is 0 Å². The van der Waals surface area contributed by atoms with Gasteiger partial charge in [0, 0.05) is 79.9 Å². The van der Waals surface area contributed by atoms with Crippen LogP contribution in [0.2, 0.25) is 0 Å². The van der Waals surface area contributed by atoms with Crippen molar-refractivity contribution in [1.82, 2.24) is 15.5 Å². The Kier molecular flexibility index (Phi) is 32.0. The van der Waals surface area contributed by atoms with Crippen molar-refractivity contribution >= 4 is 66.7 Å². The maximum atomic E-state index is 13.7. The monoisotopic (exact) mass is 1460 g/mol. The Morgan fingerprint density at radius 3 is 2.01 bits per heavy atom. The van der Waals surface area contributed by atoms with E-state index in [0.717, 1.165) is 70.2 Å². The van der Waals surface area contributed by atoms with Gasteiger partial charge in [0.2, 0.25) is 11.6 Å². The summed E-state index contributed by atoms with van der Waals surface area (Å²) in [6.45, 7) is 12.2. The second kappa shape index (κ2) is 38.5. The third-order valence-corrected chi connectivity index (χ3v) is 20.9. The standard InChI is InChI=1S/C69H108N10O20S2/c1-43(44(2)82)77(7)35-20-12-11-19-33-75-67(72)74-32-18-10-8-9-14-24-52(83)49(23-22-34-73-66(70)71)76-57(84)27-17-21-36-78-50-30-28-45(100(90,91)92)39-47(50)68(3,4)55(78)25-15-13-16-26-56-69(5,6)48-40-46(101(93,94)95)29-31-51(48)79(56)37-38-96-64-62(89)60(87)63(54(42-81)98-64)99-65-61(88)59(86)58(85)53(41-80)97-65/h13,15-16,25-26,28-31,39-40,43,49,53-54,58-65,80-81,85-89H,8-12,14,17-24,27,32-38,41-42H2,1-7H3,(H9-,70,71,72,73,74,75,76,84,90,91,92,93,94,95)/p+1/t43-,49-,53?,54?,58-,59+,60-,61?,62?,63-,64+,65+/m1/s1. The normalized spacial score (nSPS) is 24.7. The van der Waals surface area contributed by atoms with E-state index in [1.165, 1.54) is 30.3 Å². The second-order valence-corrected chi connectivity index (χ2v) is 30.1. The van der Waals surface area contributed by atoms with Crippen LogP contribution < -0.4 is 32.7 Å². The van der Waals surface area contributed by atoms with Gasteiger partial charge in [0.1, 0.15) is 61.2 Å². The molecule has 30 nitrogen and oxygen atoms in total. The first kappa shape index (κ1) is 83.8. The lowest BCUT2D eigenvalue weighted by atomic mass is 9.81. The minimum atomic E-state index is -4.64. The number of likely N-dealkylation sites (N-methyl/N-ethyl adjacent to an activating group) is 1. The fourth-order valence-electron chi connectivity index (χ4n) is 13.0. The van der Waals surface area contributed by atoms with Gasteiger partial charge in [-0.25, -0.2) is 0 Å². The molecule has 2 saturated heterocycles. The molecular formula is C69H109N10O20S2+. The summed E-state index contributed by atoms with van der Waals surface area (Å²) in [7, 11) is -7.25. The van der Waals surface area contributed by atoms with E-state index in [9.17, 15) is 76.1 Å². The number of aliphatic hydroxyl groups is 7. The summed E-state index contributed by atoms with van der Waals surface area (Å²) >= 11 is 0. The van der Waals surface area contributed by atoms with Crippen molar-refractivity contribution < 1.29 is 99.6 Å². The fraction of sp³-hybridized carbons (Fsp3) is 0.652. The number of amides is 1. The molecule has 17 N–H and O–H groups in total. The number of carbonyl (C=O) groups excluding carboxylic acids is 3. The highest BCUT2D eigenvalue weighted by Gasteiger charge is 2.51. The Morgan fingerprint density at radius 2 is 1.34 bits per heavy atom. The number of hydrogen-bond donors (Lipinski definition) is 14. The molecule has 4 aliphatic rings. The van der Waals surface area contributed by atoms with Gasteiger partial charge >= 0.3 is 0 Å². The minimum Gasteiger partial charge on any atom is -0.394 e. The Bertz CT molecular complexity index is 3520. The summed E-state index contributed by atoms with van der Waals surface area (Å²) in [6, 6.07) is 7.72. The SMILES string of the molecule is CC(=O)[C@@H](C)N(C)CCCCCCNC(N)=NCCCCCCCC(=O)[C@@H](CCCN=C(N)N)NC(=O)CCCC[N+]1=C(/C=C/C=C/C=C2/N(CCO[C@H]3OC(CO)[C@@H](O[C@@H]4OC(CO)[C@@H](O)[C@H](O)C4O)[C@H](O)C3O)c3ccc(S(=O)(=O)O)cc3C2(C)C)C(C)(C)c2cc(S(=O)(=O)O)ccc21. The average Bonchev–Trinajstić information content (AvgIpc) is 1.60. The molecule has 1 amide bonds. The maximum absolute atomic E-state index is 13.7. The predicted molar refractivity (Wildman–Crippen MR) is 379 cm³/mol. The van der Waals surface area contributed by atoms with Crippen LogP contribution in [-0.4, -0.2) is 246 Å². The molecule has 12 atom stereocenters. The largest absolute Gasteiger partial charge is 0.394 e. The zero-order valence-electron chi connectivity index (χ0n) is 59.0. The first-order valence-corrected chi connectivity index (χ1v) is 37.6. The van der Waals surface area contributed by atoms with Gasteiger partial charge in [0.15, 0.2) is 36.0 Å². The van der Waals surface area contributed by atoms with Crippen molar-refractivity contribution in [1.29, 1.82) is 0 Å². The van der Waals surface area contributed by atoms with E-state index < -0.39 is 112 Å². The minimum absolute atomic E-state index is 0.0298. The summed E-state index contributed by atoms with van der Waals surface area (Å²) < 4.78 is 94.9. The van der Waals surface area contributed by atoms with Gasteiger partial charge in [-0.2, -0.15) is 21.4 Å². The van der Waals surface area contributed by atoms with Gasteiger partial charge in [-0.15, -0.1) is 0 Å². The topological polar surface area (TPSA) is 475 Å². The molecule has 2 fully saturated rings. The number of ketones is 2. The summed E-state index contributed by atoms with van der Waals surface area (Å²) in [5, 5.41) is 79.7. The number of aliphatic hydroxyl groups excluding tert-OH is 7. The van der Waals surface area contributed by atoms with E-state index in [4.69, 9.17) is 36.1 Å². The van der Waals surface area contributed by atoms with E-state index in [1.54, 1.807) is 37.3 Å². The van der Waals surface area contributed by atoms with Crippen molar-refractivity contribution in [3.63, 3.8) is 0 Å². The van der Waals surface area contributed by atoms with Crippen LogP contribution in [-0.2, 0) is 64.4 Å². The molecule has 566 valence electrons. The molecule has 0 aromatic heterocycles. The Hall–Kier alpha value is -6.18. The van der Waals surface area contributed by atoms with Crippen LogP contribution in [0, 0.1) is 0 Å². The molecule has 4 unspecified atom stereocenters. The molecule has 0 saturated carbocycles. The third kappa shape index (κ3) is 23.2. The van der Waals surface area contributed by atoms with Gasteiger partial charge in [-0.3, -0.25) is 38.4 Å². The van der Waals surface area contributed by atoms with E-state index in [0.29, 0.717) is 79.4 Å². The summed E-state index contributed by atoms with van der Waals surface area (Å²) in [5.41, 5.74) is 19.2. The van der Waals surface area contributed by atoms with E-state index >= 15 is 0 Å². The van der Waals surface area contributed by atoms with E-state index in [1.807, 2.05) is 57.2 Å². The van der Waals surface area contributed by atoms with Crippen LogP contribution in [0.5, 0.6) is 0 Å². The van der Waals surface area contributed by atoms with Crippen molar-refractivity contribution in [3.05, 3.63) is 83.6 Å². The van der Waals surface area contributed by atoms with Crippen molar-refractivity contribution in [2.45, 2.75) is 232 Å². The molecule has 0 aliphatic carbocycles. The first-order chi connectivity index (χ1) is 47.6. The van der Waals surface area contributed by atoms with E-state index in [-0.39, 0.29) is 71.8 Å². The Balaban J connectivity index is 1.08. The van der Waals surface area contributed by atoms with Crippen LogP contribution in [0.1, 0.15) is 149 Å². The number of fused-ring (bicyclic) bond motifs is 2. The first-order valence-electron chi connectivity index (χ1n) is 34.7.